The number of hydrogen-bond acceptors (Lipinski definition) is 4. The maximum Gasteiger partial charge on any atom is 0.107 e. The van der Waals surface area contributed by atoms with Crippen LogP contribution in [0.3, 0.4) is 0 Å². The average Bonchev–Trinajstić information content (AvgIpc) is 2.22. The van der Waals surface area contributed by atoms with Crippen molar-refractivity contribution in [3.8, 4) is 0 Å². The lowest BCUT2D eigenvalue weighted by molar-refractivity contribution is 0.986. The van der Waals surface area contributed by atoms with Crippen LogP contribution in [0.15, 0.2) is 6.07 Å². The lowest BCUT2D eigenvalue weighted by Crippen LogP contribution is -2.17. The van der Waals surface area contributed by atoms with Crippen LogP contribution in [0.1, 0.15) is 23.4 Å². The van der Waals surface area contributed by atoms with Gasteiger partial charge < -0.3 is 11.1 Å². The minimum Gasteiger partial charge on any atom is -0.389 e. The number of nitrogens with zero attached hydrogens (tertiary/aromatic N) is 1. The summed E-state index contributed by atoms with van der Waals surface area (Å²) < 4.78 is 0. The second-order valence-corrected chi connectivity index (χ2v) is 5.33. The van der Waals surface area contributed by atoms with Crippen molar-refractivity contribution >= 4 is 34.7 Å². The van der Waals surface area contributed by atoms with Crippen molar-refractivity contribution in [3.63, 3.8) is 0 Å². The number of nitrogens with two attached hydrogens (primary N) is 1. The topological polar surface area (TPSA) is 50.9 Å². The van der Waals surface area contributed by atoms with E-state index in [4.69, 9.17) is 18.0 Å². The van der Waals surface area contributed by atoms with E-state index in [1.165, 1.54) is 0 Å². The molecule has 0 spiro atoms. The smallest absolute Gasteiger partial charge is 0.107 e. The zero-order chi connectivity index (χ0) is 12.8. The van der Waals surface area contributed by atoms with Crippen LogP contribution in [0.5, 0.6) is 0 Å². The molecule has 5 heteroatoms. The first-order valence-electron chi connectivity index (χ1n) is 5.57. The minimum absolute atomic E-state index is 0.405. The van der Waals surface area contributed by atoms with E-state index in [0.29, 0.717) is 4.99 Å². The van der Waals surface area contributed by atoms with Crippen molar-refractivity contribution in [3.05, 3.63) is 23.0 Å². The molecule has 0 unspecified atom stereocenters. The van der Waals surface area contributed by atoms with Crippen LogP contribution in [-0.4, -0.2) is 28.5 Å². The number of hydrogen-bond donors (Lipinski definition) is 2. The second kappa shape index (κ2) is 6.81. The first-order chi connectivity index (χ1) is 8.06. The van der Waals surface area contributed by atoms with Gasteiger partial charge in [-0.25, -0.2) is 0 Å². The highest BCUT2D eigenvalue weighted by atomic mass is 32.2. The molecule has 0 aromatic carbocycles. The van der Waals surface area contributed by atoms with E-state index in [0.717, 1.165) is 41.4 Å². The van der Waals surface area contributed by atoms with Gasteiger partial charge in [0.15, 0.2) is 0 Å². The van der Waals surface area contributed by atoms with Crippen LogP contribution in [0.4, 0.5) is 5.69 Å². The molecule has 1 aromatic heterocycles. The Hall–Kier alpha value is -0.810. The van der Waals surface area contributed by atoms with Gasteiger partial charge in [0.05, 0.1) is 5.56 Å². The molecule has 1 aromatic rings. The largest absolute Gasteiger partial charge is 0.389 e. The Morgan fingerprint density at radius 2 is 2.24 bits per heavy atom. The summed E-state index contributed by atoms with van der Waals surface area (Å²) in [5, 5.41) is 3.39. The molecule has 0 radical (unpaired) electrons. The van der Waals surface area contributed by atoms with Gasteiger partial charge >= 0.3 is 0 Å². The third-order valence-corrected chi connectivity index (χ3v) is 3.32. The molecule has 0 aliphatic carbocycles. The van der Waals surface area contributed by atoms with E-state index < -0.39 is 0 Å². The van der Waals surface area contributed by atoms with E-state index in [2.05, 4.69) is 16.6 Å². The monoisotopic (exact) mass is 269 g/mol. The van der Waals surface area contributed by atoms with Gasteiger partial charge in [-0.3, -0.25) is 4.98 Å². The van der Waals surface area contributed by atoms with Crippen molar-refractivity contribution in [2.45, 2.75) is 20.3 Å². The number of rotatable bonds is 6. The predicted molar refractivity (Wildman–Crippen MR) is 81.1 cm³/mol. The van der Waals surface area contributed by atoms with Gasteiger partial charge in [0.25, 0.3) is 0 Å². The molecule has 0 fully saturated rings. The summed E-state index contributed by atoms with van der Waals surface area (Å²) in [6.07, 6.45) is 3.24. The van der Waals surface area contributed by atoms with Gasteiger partial charge in [0, 0.05) is 23.6 Å². The summed E-state index contributed by atoms with van der Waals surface area (Å²) in [5.41, 5.74) is 9.49. The Balaban J connectivity index is 2.85. The van der Waals surface area contributed by atoms with Crippen LogP contribution in [-0.2, 0) is 0 Å². The summed E-state index contributed by atoms with van der Waals surface area (Å²) in [4.78, 5) is 4.79. The number of anilines is 1. The Bertz CT molecular complexity index is 405. The van der Waals surface area contributed by atoms with E-state index in [1.54, 1.807) is 0 Å². The zero-order valence-corrected chi connectivity index (χ0v) is 12.2. The summed E-state index contributed by atoms with van der Waals surface area (Å²) >= 11 is 6.93. The van der Waals surface area contributed by atoms with Crippen molar-refractivity contribution < 1.29 is 0 Å². The Labute approximate surface area is 113 Å². The predicted octanol–water partition coefficient (Wildman–Crippen LogP) is 2.50. The molecule has 94 valence electrons. The summed E-state index contributed by atoms with van der Waals surface area (Å²) in [6.45, 7) is 4.84. The van der Waals surface area contributed by atoms with Crippen LogP contribution in [0.2, 0.25) is 0 Å². The van der Waals surface area contributed by atoms with Gasteiger partial charge in [0.1, 0.15) is 4.99 Å². The Morgan fingerprint density at radius 1 is 1.53 bits per heavy atom. The molecule has 0 saturated carbocycles. The maximum absolute atomic E-state index is 5.74. The number of nitrogens with one attached hydrogen (secondary N) is 1. The number of pyridine rings is 1. The normalized spacial score (nSPS) is 10.3. The standard InChI is InChI=1S/C12H19N3S2/c1-8-7-10(14-5-4-6-17-3)11(12(13)16)9(2)15-8/h7H,4-6H2,1-3H3,(H2,13,16)(H,14,15). The maximum atomic E-state index is 5.74. The molecular formula is C12H19N3S2. The molecule has 1 rings (SSSR count). The molecule has 0 atom stereocenters. The molecule has 0 saturated heterocycles. The highest BCUT2D eigenvalue weighted by Gasteiger charge is 2.10. The number of aromatic nitrogens is 1. The third-order valence-electron chi connectivity index (χ3n) is 2.42. The van der Waals surface area contributed by atoms with Gasteiger partial charge in [0.2, 0.25) is 0 Å². The fourth-order valence-corrected chi connectivity index (χ4v) is 2.41. The first kappa shape index (κ1) is 14.3. The fourth-order valence-electron chi connectivity index (χ4n) is 1.72. The molecular weight excluding hydrogens is 250 g/mol. The molecule has 3 nitrogen and oxygen atoms in total. The highest BCUT2D eigenvalue weighted by molar-refractivity contribution is 7.98. The first-order valence-corrected chi connectivity index (χ1v) is 7.37. The molecule has 0 aliphatic heterocycles. The fraction of sp³-hybridized carbons (Fsp3) is 0.500. The van der Waals surface area contributed by atoms with Gasteiger partial charge in [-0.1, -0.05) is 12.2 Å². The third kappa shape index (κ3) is 4.16. The van der Waals surface area contributed by atoms with Crippen molar-refractivity contribution in [2.24, 2.45) is 5.73 Å². The van der Waals surface area contributed by atoms with Gasteiger partial charge in [-0.15, -0.1) is 0 Å². The number of thiocarbonyl (C=S) groups is 1. The highest BCUT2D eigenvalue weighted by Crippen LogP contribution is 2.19. The van der Waals surface area contributed by atoms with E-state index in [1.807, 2.05) is 31.7 Å². The van der Waals surface area contributed by atoms with Crippen LogP contribution in [0, 0.1) is 13.8 Å². The average molecular weight is 269 g/mol. The molecule has 0 aliphatic rings. The van der Waals surface area contributed by atoms with E-state index in [9.17, 15) is 0 Å². The molecule has 3 N–H and O–H groups in total. The van der Waals surface area contributed by atoms with E-state index >= 15 is 0 Å². The Morgan fingerprint density at radius 3 is 2.82 bits per heavy atom. The van der Waals surface area contributed by atoms with E-state index in [-0.39, 0.29) is 0 Å². The second-order valence-electron chi connectivity index (χ2n) is 3.91. The SMILES string of the molecule is CSCCCNc1cc(C)nc(C)c1C(N)=S. The van der Waals surface area contributed by atoms with Crippen molar-refractivity contribution in [1.29, 1.82) is 0 Å². The van der Waals surface area contributed by atoms with Gasteiger partial charge in [-0.05, 0) is 38.3 Å². The Kier molecular flexibility index (Phi) is 5.71. The van der Waals surface area contributed by atoms with Crippen LogP contribution < -0.4 is 11.1 Å². The van der Waals surface area contributed by atoms with Crippen molar-refractivity contribution in [1.82, 2.24) is 4.98 Å². The molecule has 0 bridgehead atoms. The summed E-state index contributed by atoms with van der Waals surface area (Å²) in [6, 6.07) is 2.00. The molecule has 0 amide bonds. The molecule has 1 heterocycles. The lowest BCUT2D eigenvalue weighted by Gasteiger charge is -2.14. The quantitative estimate of drug-likeness (QED) is 0.614. The molecule has 17 heavy (non-hydrogen) atoms. The summed E-state index contributed by atoms with van der Waals surface area (Å²) in [7, 11) is 0. The lowest BCUT2D eigenvalue weighted by atomic mass is 10.1. The van der Waals surface area contributed by atoms with Crippen molar-refractivity contribution in [2.75, 3.05) is 23.9 Å². The van der Waals surface area contributed by atoms with Gasteiger partial charge in [-0.2, -0.15) is 11.8 Å². The van der Waals surface area contributed by atoms with Crippen LogP contribution in [0.25, 0.3) is 0 Å². The minimum atomic E-state index is 0.405. The summed E-state index contributed by atoms with van der Waals surface area (Å²) in [5.74, 6) is 1.15. The number of aryl methyl sites for hydroxylation is 2. The zero-order valence-electron chi connectivity index (χ0n) is 10.5. The number of thioether (sulfide) groups is 1. The van der Waals surface area contributed by atoms with Crippen LogP contribution >= 0.6 is 24.0 Å².